The van der Waals surface area contributed by atoms with E-state index in [-0.39, 0.29) is 11.7 Å². The van der Waals surface area contributed by atoms with Crippen molar-refractivity contribution in [2.45, 2.75) is 73.0 Å². The van der Waals surface area contributed by atoms with Crippen LogP contribution in [0.2, 0.25) is 0 Å². The van der Waals surface area contributed by atoms with E-state index in [9.17, 15) is 0 Å². The molecular formula is C26H38O2. The smallest absolute Gasteiger partial charge is 0.200 e. The summed E-state index contributed by atoms with van der Waals surface area (Å²) >= 11 is 0. The zero-order chi connectivity index (χ0) is 20.6. The summed E-state index contributed by atoms with van der Waals surface area (Å²) in [6, 6.07) is 19.2. The Hall–Kier alpha value is -1.80. The fourth-order valence-corrected chi connectivity index (χ4v) is 3.39. The van der Waals surface area contributed by atoms with Crippen molar-refractivity contribution in [1.82, 2.24) is 0 Å². The van der Waals surface area contributed by atoms with Gasteiger partial charge in [0.2, 0.25) is 0 Å². The van der Waals surface area contributed by atoms with Gasteiger partial charge in [-0.25, -0.2) is 0 Å². The van der Waals surface area contributed by atoms with E-state index in [1.54, 1.807) is 0 Å². The second-order valence-corrected chi connectivity index (χ2v) is 9.19. The van der Waals surface area contributed by atoms with E-state index in [1.807, 2.05) is 6.07 Å². The Morgan fingerprint density at radius 3 is 2.29 bits per heavy atom. The molecule has 0 aliphatic rings. The third-order valence-electron chi connectivity index (χ3n) is 5.17. The highest BCUT2D eigenvalue weighted by Gasteiger charge is 2.26. The van der Waals surface area contributed by atoms with Gasteiger partial charge in [-0.3, -0.25) is 0 Å². The molecule has 2 nitrogen and oxygen atoms in total. The van der Waals surface area contributed by atoms with Gasteiger partial charge in [0, 0.05) is 6.42 Å². The van der Waals surface area contributed by atoms with Crippen molar-refractivity contribution < 1.29 is 9.47 Å². The summed E-state index contributed by atoms with van der Waals surface area (Å²) in [5.41, 5.74) is 2.76. The van der Waals surface area contributed by atoms with E-state index in [0.29, 0.717) is 18.4 Å². The van der Waals surface area contributed by atoms with Crippen molar-refractivity contribution in [3.05, 3.63) is 65.7 Å². The Kier molecular flexibility index (Phi) is 8.57. The first-order valence-electron chi connectivity index (χ1n) is 10.7. The summed E-state index contributed by atoms with van der Waals surface area (Å²) < 4.78 is 12.5. The molecule has 154 valence electrons. The van der Waals surface area contributed by atoms with Crippen LogP contribution in [0.3, 0.4) is 0 Å². The lowest BCUT2D eigenvalue weighted by Crippen LogP contribution is -2.30. The molecule has 0 spiro atoms. The largest absolute Gasteiger partial charge is 0.465 e. The zero-order valence-corrected chi connectivity index (χ0v) is 18.6. The van der Waals surface area contributed by atoms with Crippen LogP contribution in [0.15, 0.2) is 54.6 Å². The predicted molar refractivity (Wildman–Crippen MR) is 119 cm³/mol. The third kappa shape index (κ3) is 7.67. The lowest BCUT2D eigenvalue weighted by atomic mass is 9.82. The van der Waals surface area contributed by atoms with Crippen LogP contribution in [-0.4, -0.2) is 12.9 Å². The summed E-state index contributed by atoms with van der Waals surface area (Å²) in [7, 11) is 0. The number of benzene rings is 2. The number of hydrogen-bond acceptors (Lipinski definition) is 2. The molecule has 2 heteroatoms. The fraction of sp³-hybridized carbons (Fsp3) is 0.538. The summed E-state index contributed by atoms with van der Waals surface area (Å²) in [4.78, 5) is 0. The van der Waals surface area contributed by atoms with E-state index in [2.05, 4.69) is 90.1 Å². The predicted octanol–water partition coefficient (Wildman–Crippen LogP) is 7.24. The number of hydrogen-bond donors (Lipinski definition) is 0. The normalized spacial score (nSPS) is 14.1. The molecule has 0 aromatic heterocycles. The molecule has 2 rings (SSSR count). The van der Waals surface area contributed by atoms with Gasteiger partial charge in [-0.2, -0.15) is 0 Å². The maximum atomic E-state index is 6.35. The third-order valence-corrected chi connectivity index (χ3v) is 5.17. The van der Waals surface area contributed by atoms with Crippen molar-refractivity contribution in [2.75, 3.05) is 6.61 Å². The topological polar surface area (TPSA) is 18.5 Å². The molecule has 0 bridgehead atoms. The highest BCUT2D eigenvalue weighted by Crippen LogP contribution is 2.31. The van der Waals surface area contributed by atoms with Crippen molar-refractivity contribution in [3.8, 4) is 5.75 Å². The Morgan fingerprint density at radius 2 is 1.64 bits per heavy atom. The highest BCUT2D eigenvalue weighted by atomic mass is 16.7. The molecule has 0 aliphatic heterocycles. The van der Waals surface area contributed by atoms with Gasteiger partial charge in [-0.15, -0.1) is 0 Å². The van der Waals surface area contributed by atoms with E-state index in [0.717, 1.165) is 25.0 Å². The molecular weight excluding hydrogens is 344 g/mol. The molecule has 0 radical (unpaired) electrons. The van der Waals surface area contributed by atoms with Crippen LogP contribution in [0, 0.1) is 11.3 Å². The van der Waals surface area contributed by atoms with Crippen LogP contribution in [0.5, 0.6) is 5.75 Å². The van der Waals surface area contributed by atoms with Crippen LogP contribution in [0.4, 0.5) is 0 Å². The molecule has 0 saturated heterocycles. The van der Waals surface area contributed by atoms with Crippen LogP contribution >= 0.6 is 0 Å². The molecule has 0 heterocycles. The Balaban J connectivity index is 2.10. The standard InChI is InChI=1S/C26H38O2/c1-7-21(4)23-14-11-15-24(16-23)28-25(27-19-20(2)3)18-26(5,6)17-22-12-9-8-10-13-22/h8-16,20-21,25H,7,17-19H2,1-6H3. The fourth-order valence-electron chi connectivity index (χ4n) is 3.39. The minimum absolute atomic E-state index is 0.0807. The Bertz CT molecular complexity index is 691. The first kappa shape index (κ1) is 22.5. The van der Waals surface area contributed by atoms with Crippen LogP contribution in [0.1, 0.15) is 71.4 Å². The number of ether oxygens (including phenoxy) is 2. The average molecular weight is 383 g/mol. The SMILES string of the molecule is CCC(C)c1cccc(OC(CC(C)(C)Cc2ccccc2)OCC(C)C)c1. The van der Waals surface area contributed by atoms with Gasteiger partial charge in [0.15, 0.2) is 6.29 Å². The molecule has 0 amide bonds. The Morgan fingerprint density at radius 1 is 0.929 bits per heavy atom. The number of rotatable bonds is 11. The first-order chi connectivity index (χ1) is 13.3. The van der Waals surface area contributed by atoms with E-state index >= 15 is 0 Å². The minimum atomic E-state index is -0.242. The van der Waals surface area contributed by atoms with Gasteiger partial charge in [0.1, 0.15) is 5.75 Å². The maximum Gasteiger partial charge on any atom is 0.200 e. The second-order valence-electron chi connectivity index (χ2n) is 9.19. The lowest BCUT2D eigenvalue weighted by Gasteiger charge is -2.31. The van der Waals surface area contributed by atoms with Gasteiger partial charge >= 0.3 is 0 Å². The zero-order valence-electron chi connectivity index (χ0n) is 18.6. The van der Waals surface area contributed by atoms with Crippen LogP contribution in [0.25, 0.3) is 0 Å². The van der Waals surface area contributed by atoms with Crippen molar-refractivity contribution in [3.63, 3.8) is 0 Å². The lowest BCUT2D eigenvalue weighted by molar-refractivity contribution is -0.109. The molecule has 0 fully saturated rings. The van der Waals surface area contributed by atoms with Gasteiger partial charge < -0.3 is 9.47 Å². The second kappa shape index (κ2) is 10.7. The molecule has 0 aliphatic carbocycles. The van der Waals surface area contributed by atoms with E-state index in [4.69, 9.17) is 9.47 Å². The Labute approximate surface area is 172 Å². The highest BCUT2D eigenvalue weighted by molar-refractivity contribution is 5.30. The molecule has 2 aromatic rings. The van der Waals surface area contributed by atoms with Crippen molar-refractivity contribution in [1.29, 1.82) is 0 Å². The molecule has 28 heavy (non-hydrogen) atoms. The van der Waals surface area contributed by atoms with E-state index < -0.39 is 0 Å². The average Bonchev–Trinajstić information content (AvgIpc) is 2.65. The first-order valence-corrected chi connectivity index (χ1v) is 10.7. The quantitative estimate of drug-likeness (QED) is 0.381. The molecule has 2 atom stereocenters. The summed E-state index contributed by atoms with van der Waals surface area (Å²) in [6.45, 7) is 14.1. The van der Waals surface area contributed by atoms with Gasteiger partial charge in [-0.1, -0.05) is 84.0 Å². The van der Waals surface area contributed by atoms with Gasteiger partial charge in [0.05, 0.1) is 6.61 Å². The van der Waals surface area contributed by atoms with Gasteiger partial charge in [-0.05, 0) is 53.4 Å². The van der Waals surface area contributed by atoms with Crippen molar-refractivity contribution >= 4 is 0 Å². The summed E-state index contributed by atoms with van der Waals surface area (Å²) in [5, 5.41) is 0. The van der Waals surface area contributed by atoms with Gasteiger partial charge in [0.25, 0.3) is 0 Å². The minimum Gasteiger partial charge on any atom is -0.465 e. The molecule has 0 saturated carbocycles. The molecule has 2 unspecified atom stereocenters. The monoisotopic (exact) mass is 382 g/mol. The molecule has 2 aromatic carbocycles. The van der Waals surface area contributed by atoms with Crippen LogP contribution < -0.4 is 4.74 Å². The summed E-state index contributed by atoms with van der Waals surface area (Å²) in [5.74, 6) is 1.92. The molecule has 0 N–H and O–H groups in total. The summed E-state index contributed by atoms with van der Waals surface area (Å²) in [6.07, 6.45) is 2.74. The van der Waals surface area contributed by atoms with Crippen molar-refractivity contribution in [2.24, 2.45) is 11.3 Å². The van der Waals surface area contributed by atoms with E-state index in [1.165, 1.54) is 11.1 Å². The maximum absolute atomic E-state index is 6.35. The van der Waals surface area contributed by atoms with Crippen LogP contribution in [-0.2, 0) is 11.2 Å².